The highest BCUT2D eigenvalue weighted by Crippen LogP contribution is 2.30. The quantitative estimate of drug-likeness (QED) is 0.768. The molecule has 0 aromatic heterocycles. The first-order valence-electron chi connectivity index (χ1n) is 7.29. The van der Waals surface area contributed by atoms with Crippen molar-refractivity contribution in [2.45, 2.75) is 26.7 Å². The van der Waals surface area contributed by atoms with Crippen LogP contribution in [0.2, 0.25) is 0 Å². The Morgan fingerprint density at radius 3 is 2.26 bits per heavy atom. The largest absolute Gasteiger partial charge is 0.393 e. The van der Waals surface area contributed by atoms with Gasteiger partial charge in [0.05, 0.1) is 10.9 Å². The van der Waals surface area contributed by atoms with E-state index in [1.54, 1.807) is 0 Å². The molecule has 2 aliphatic rings. The molecule has 2 rings (SSSR count). The van der Waals surface area contributed by atoms with Crippen molar-refractivity contribution in [3.05, 3.63) is 0 Å². The second kappa shape index (κ2) is 6.18. The second-order valence-electron chi connectivity index (χ2n) is 6.19. The monoisotopic (exact) mass is 283 g/mol. The molecular weight excluding hydrogens is 258 g/mol. The van der Waals surface area contributed by atoms with E-state index >= 15 is 0 Å². The molecule has 108 valence electrons. The van der Waals surface area contributed by atoms with Crippen LogP contribution in [0.4, 0.5) is 0 Å². The molecule has 2 N–H and O–H groups in total. The van der Waals surface area contributed by atoms with Crippen LogP contribution in [0.25, 0.3) is 0 Å². The van der Waals surface area contributed by atoms with Gasteiger partial charge in [0.1, 0.15) is 0 Å². The Hall–Kier alpha value is -0.680. The normalized spacial score (nSPS) is 22.6. The number of amides is 1. The maximum Gasteiger partial charge on any atom is 0.232 e. The number of nitrogens with two attached hydrogens (primary N) is 1. The van der Waals surface area contributed by atoms with E-state index in [1.165, 1.54) is 19.4 Å². The van der Waals surface area contributed by atoms with Crippen molar-refractivity contribution in [2.24, 2.45) is 23.5 Å². The molecule has 1 saturated heterocycles. The number of hydrogen-bond donors (Lipinski definition) is 1. The van der Waals surface area contributed by atoms with Gasteiger partial charge >= 0.3 is 0 Å². The number of hydrogen-bond acceptors (Lipinski definition) is 3. The zero-order valence-corrected chi connectivity index (χ0v) is 12.8. The summed E-state index contributed by atoms with van der Waals surface area (Å²) in [6, 6.07) is 0. The Bertz CT molecular complexity index is 347. The van der Waals surface area contributed by atoms with E-state index in [1.807, 2.05) is 18.7 Å². The molecule has 0 aromatic rings. The second-order valence-corrected chi connectivity index (χ2v) is 6.66. The summed E-state index contributed by atoms with van der Waals surface area (Å²) < 4.78 is 0. The van der Waals surface area contributed by atoms with Gasteiger partial charge in [-0.05, 0) is 24.7 Å². The molecule has 1 heterocycles. The minimum atomic E-state index is -0.301. The summed E-state index contributed by atoms with van der Waals surface area (Å²) in [6.45, 7) is 8.84. The SMILES string of the molecule is CC(C)C(C(=O)N1CCN(CC2CC2)CC1)C(N)=S. The van der Waals surface area contributed by atoms with E-state index in [2.05, 4.69) is 4.90 Å². The first-order valence-corrected chi connectivity index (χ1v) is 7.70. The Morgan fingerprint density at radius 1 is 1.26 bits per heavy atom. The lowest BCUT2D eigenvalue weighted by Crippen LogP contribution is -2.52. The zero-order chi connectivity index (χ0) is 14.0. The molecule has 2 fully saturated rings. The molecular formula is C14H25N3OS. The average Bonchev–Trinajstić information content (AvgIpc) is 3.12. The summed E-state index contributed by atoms with van der Waals surface area (Å²) in [4.78, 5) is 17.2. The lowest BCUT2D eigenvalue weighted by molar-refractivity contribution is -0.136. The van der Waals surface area contributed by atoms with E-state index in [9.17, 15) is 4.79 Å². The lowest BCUT2D eigenvalue weighted by Gasteiger charge is -2.37. The third kappa shape index (κ3) is 3.89. The van der Waals surface area contributed by atoms with Gasteiger partial charge in [-0.25, -0.2) is 0 Å². The minimum Gasteiger partial charge on any atom is -0.393 e. The third-order valence-electron chi connectivity index (χ3n) is 4.14. The van der Waals surface area contributed by atoms with Crippen LogP contribution in [-0.2, 0) is 4.79 Å². The molecule has 19 heavy (non-hydrogen) atoms. The molecule has 1 saturated carbocycles. The number of carbonyl (C=O) groups excluding carboxylic acids is 1. The number of nitrogens with zero attached hydrogens (tertiary/aromatic N) is 2. The predicted octanol–water partition coefficient (Wildman–Crippen LogP) is 1.10. The van der Waals surface area contributed by atoms with Gasteiger partial charge in [-0.2, -0.15) is 0 Å². The first kappa shape index (κ1) is 14.7. The summed E-state index contributed by atoms with van der Waals surface area (Å²) in [5.41, 5.74) is 5.72. The summed E-state index contributed by atoms with van der Waals surface area (Å²) in [5, 5.41) is 0. The van der Waals surface area contributed by atoms with Gasteiger partial charge in [0.25, 0.3) is 0 Å². The van der Waals surface area contributed by atoms with Crippen molar-refractivity contribution in [1.29, 1.82) is 0 Å². The number of piperazine rings is 1. The fourth-order valence-electron chi connectivity index (χ4n) is 2.75. The Labute approximate surface area is 121 Å². The van der Waals surface area contributed by atoms with Crippen molar-refractivity contribution >= 4 is 23.1 Å². The third-order valence-corrected chi connectivity index (χ3v) is 4.39. The van der Waals surface area contributed by atoms with Crippen molar-refractivity contribution in [3.8, 4) is 0 Å². The molecule has 0 aromatic carbocycles. The zero-order valence-electron chi connectivity index (χ0n) is 12.0. The number of carbonyl (C=O) groups is 1. The van der Waals surface area contributed by atoms with Crippen LogP contribution in [0.3, 0.4) is 0 Å². The van der Waals surface area contributed by atoms with Crippen LogP contribution < -0.4 is 5.73 Å². The molecule has 4 nitrogen and oxygen atoms in total. The van der Waals surface area contributed by atoms with Crippen molar-refractivity contribution in [3.63, 3.8) is 0 Å². The topological polar surface area (TPSA) is 49.6 Å². The molecule has 1 aliphatic carbocycles. The van der Waals surface area contributed by atoms with Gasteiger partial charge in [0, 0.05) is 32.7 Å². The molecule has 0 radical (unpaired) electrons. The van der Waals surface area contributed by atoms with Gasteiger partial charge < -0.3 is 10.6 Å². The number of thiocarbonyl (C=S) groups is 1. The van der Waals surface area contributed by atoms with Gasteiger partial charge in [0.15, 0.2) is 0 Å². The molecule has 1 unspecified atom stereocenters. The maximum absolute atomic E-state index is 12.5. The summed E-state index contributed by atoms with van der Waals surface area (Å²) >= 11 is 5.05. The summed E-state index contributed by atoms with van der Waals surface area (Å²) in [6.07, 6.45) is 2.77. The van der Waals surface area contributed by atoms with E-state index in [4.69, 9.17) is 18.0 Å². The van der Waals surface area contributed by atoms with Crippen molar-refractivity contribution in [2.75, 3.05) is 32.7 Å². The van der Waals surface area contributed by atoms with Crippen molar-refractivity contribution in [1.82, 2.24) is 9.80 Å². The van der Waals surface area contributed by atoms with Crippen LogP contribution >= 0.6 is 12.2 Å². The summed E-state index contributed by atoms with van der Waals surface area (Å²) in [5.74, 6) is 0.912. The van der Waals surface area contributed by atoms with E-state index in [0.717, 1.165) is 32.1 Å². The van der Waals surface area contributed by atoms with Gasteiger partial charge in [-0.15, -0.1) is 0 Å². The van der Waals surface area contributed by atoms with E-state index in [-0.39, 0.29) is 17.7 Å². The highest BCUT2D eigenvalue weighted by Gasteiger charge is 2.32. The molecule has 0 spiro atoms. The van der Waals surface area contributed by atoms with E-state index in [0.29, 0.717) is 4.99 Å². The first-order chi connectivity index (χ1) is 8.99. The van der Waals surface area contributed by atoms with Crippen molar-refractivity contribution < 1.29 is 4.79 Å². The molecule has 0 bridgehead atoms. The van der Waals surface area contributed by atoms with Crippen LogP contribution in [0.15, 0.2) is 0 Å². The molecule has 1 aliphatic heterocycles. The smallest absolute Gasteiger partial charge is 0.232 e. The standard InChI is InChI=1S/C14H25N3OS/c1-10(2)12(13(15)19)14(18)17-7-5-16(6-8-17)9-11-3-4-11/h10-12H,3-9H2,1-2H3,(H2,15,19). The predicted molar refractivity (Wildman–Crippen MR) is 80.9 cm³/mol. The van der Waals surface area contributed by atoms with Crippen LogP contribution in [0.1, 0.15) is 26.7 Å². The van der Waals surface area contributed by atoms with Crippen LogP contribution in [-0.4, -0.2) is 53.4 Å². The highest BCUT2D eigenvalue weighted by atomic mass is 32.1. The highest BCUT2D eigenvalue weighted by molar-refractivity contribution is 7.80. The Balaban J connectivity index is 1.85. The Kier molecular flexibility index (Phi) is 4.79. The molecule has 5 heteroatoms. The van der Waals surface area contributed by atoms with Gasteiger partial charge in [-0.3, -0.25) is 9.69 Å². The molecule has 1 amide bonds. The fraction of sp³-hybridized carbons (Fsp3) is 0.857. The fourth-order valence-corrected chi connectivity index (χ4v) is 3.12. The lowest BCUT2D eigenvalue weighted by atomic mass is 9.94. The maximum atomic E-state index is 12.5. The average molecular weight is 283 g/mol. The van der Waals surface area contributed by atoms with Crippen LogP contribution in [0.5, 0.6) is 0 Å². The van der Waals surface area contributed by atoms with E-state index < -0.39 is 0 Å². The van der Waals surface area contributed by atoms with Crippen LogP contribution in [0, 0.1) is 17.8 Å². The Morgan fingerprint density at radius 2 is 1.84 bits per heavy atom. The summed E-state index contributed by atoms with van der Waals surface area (Å²) in [7, 11) is 0. The van der Waals surface area contributed by atoms with Gasteiger partial charge in [-0.1, -0.05) is 26.1 Å². The molecule has 1 atom stereocenters. The number of rotatable bonds is 5. The minimum absolute atomic E-state index is 0.119. The van der Waals surface area contributed by atoms with Gasteiger partial charge in [0.2, 0.25) is 5.91 Å².